The Kier molecular flexibility index (Phi) is 10.3. The van der Waals surface area contributed by atoms with Gasteiger partial charge in [0.05, 0.1) is 6.04 Å². The van der Waals surface area contributed by atoms with Gasteiger partial charge in [-0.3, -0.25) is 19.2 Å². The first-order valence-electron chi connectivity index (χ1n) is 13.3. The van der Waals surface area contributed by atoms with Gasteiger partial charge in [0.25, 0.3) is 16.1 Å². The molecule has 1 saturated carbocycles. The molecular weight excluding hydrogens is 522 g/mol. The minimum Gasteiger partial charge on any atom is -0.346 e. The van der Waals surface area contributed by atoms with Crippen LogP contribution in [0.2, 0.25) is 0 Å². The Hall–Kier alpha value is -2.57. The van der Waals surface area contributed by atoms with E-state index in [1.54, 1.807) is 45.9 Å². The summed E-state index contributed by atoms with van der Waals surface area (Å²) in [4.78, 5) is 54.5. The van der Waals surface area contributed by atoms with Gasteiger partial charge in [0.2, 0.25) is 17.6 Å². The average molecular weight is 568 g/mol. The molecule has 0 aromatic rings. The van der Waals surface area contributed by atoms with Crippen molar-refractivity contribution in [1.82, 2.24) is 24.6 Å². The number of nitrogens with zero attached hydrogens (tertiary/aromatic N) is 2. The van der Waals surface area contributed by atoms with Crippen molar-refractivity contribution >= 4 is 33.7 Å². The summed E-state index contributed by atoms with van der Waals surface area (Å²) in [5.41, 5.74) is -0.999. The zero-order valence-corrected chi connectivity index (χ0v) is 25.2. The molecule has 2 rings (SSSR count). The number of ketones is 1. The molecule has 0 spiro atoms. The van der Waals surface area contributed by atoms with Gasteiger partial charge in [-0.15, -0.1) is 6.58 Å². The average Bonchev–Trinajstić information content (AvgIpc) is 3.17. The molecular formula is C27H45N5O6S. The predicted octanol–water partition coefficient (Wildman–Crippen LogP) is 0.993. The van der Waals surface area contributed by atoms with Crippen LogP contribution < -0.4 is 15.4 Å². The minimum absolute atomic E-state index is 0.0507. The molecule has 12 heteroatoms. The van der Waals surface area contributed by atoms with Crippen LogP contribution in [0.5, 0.6) is 0 Å². The number of fused-ring (bicyclic) bond motifs is 1. The summed E-state index contributed by atoms with van der Waals surface area (Å²) in [6.07, 6.45) is 5.60. The quantitative estimate of drug-likeness (QED) is 0.224. The maximum atomic E-state index is 13.9. The van der Waals surface area contributed by atoms with E-state index < -0.39 is 57.3 Å². The third kappa shape index (κ3) is 7.34. The number of hydrogen-bond donors (Lipinski definition) is 3. The van der Waals surface area contributed by atoms with Crippen molar-refractivity contribution < 1.29 is 27.6 Å². The summed E-state index contributed by atoms with van der Waals surface area (Å²) in [6, 6.07) is -3.13. The third-order valence-corrected chi connectivity index (χ3v) is 9.25. The van der Waals surface area contributed by atoms with E-state index >= 15 is 0 Å². The smallest absolute Gasteiger partial charge is 0.289 e. The second-order valence-corrected chi connectivity index (χ2v) is 14.1. The Morgan fingerprint density at radius 3 is 2.31 bits per heavy atom. The lowest BCUT2D eigenvalue weighted by Gasteiger charge is -2.38. The predicted molar refractivity (Wildman–Crippen MR) is 149 cm³/mol. The number of amides is 3. The van der Waals surface area contributed by atoms with Crippen LogP contribution in [-0.4, -0.2) is 86.4 Å². The Morgan fingerprint density at radius 2 is 1.79 bits per heavy atom. The van der Waals surface area contributed by atoms with Crippen LogP contribution in [0.1, 0.15) is 54.4 Å². The second kappa shape index (κ2) is 12.3. The molecule has 3 amide bonds. The fourth-order valence-electron chi connectivity index (χ4n) is 5.16. The van der Waals surface area contributed by atoms with Gasteiger partial charge in [0.15, 0.2) is 0 Å². The lowest BCUT2D eigenvalue weighted by molar-refractivity contribution is -0.145. The Labute approximate surface area is 233 Å². The molecule has 0 aromatic heterocycles. The number of hydrogen-bond acceptors (Lipinski definition) is 6. The highest BCUT2D eigenvalue weighted by molar-refractivity contribution is 7.87. The van der Waals surface area contributed by atoms with Crippen LogP contribution in [0, 0.1) is 22.7 Å². The molecule has 1 saturated heterocycles. The molecule has 2 fully saturated rings. The van der Waals surface area contributed by atoms with Gasteiger partial charge in [0, 0.05) is 27.2 Å². The minimum atomic E-state index is -3.95. The van der Waals surface area contributed by atoms with E-state index in [-0.39, 0.29) is 30.2 Å². The van der Waals surface area contributed by atoms with Crippen LogP contribution in [0.15, 0.2) is 24.8 Å². The van der Waals surface area contributed by atoms with Gasteiger partial charge in [-0.25, -0.2) is 0 Å². The first-order chi connectivity index (χ1) is 17.9. The highest BCUT2D eigenvalue weighted by Crippen LogP contribution is 2.65. The Morgan fingerprint density at radius 1 is 1.18 bits per heavy atom. The van der Waals surface area contributed by atoms with Gasteiger partial charge in [-0.2, -0.15) is 17.4 Å². The molecule has 5 atom stereocenters. The number of piperidine rings is 1. The van der Waals surface area contributed by atoms with E-state index in [1.165, 1.54) is 19.0 Å². The molecule has 3 N–H and O–H groups in total. The molecule has 1 unspecified atom stereocenters. The summed E-state index contributed by atoms with van der Waals surface area (Å²) in [6.45, 7) is 15.2. The molecule has 0 bridgehead atoms. The molecule has 0 aromatic carbocycles. The largest absolute Gasteiger partial charge is 0.346 e. The number of allylic oxidation sites excluding steroid dienone is 2. The van der Waals surface area contributed by atoms with Crippen molar-refractivity contribution in [2.45, 2.75) is 72.5 Å². The summed E-state index contributed by atoms with van der Waals surface area (Å²) < 4.78 is 28.8. The fourth-order valence-corrected chi connectivity index (χ4v) is 6.12. The molecule has 1 aliphatic carbocycles. The molecule has 11 nitrogen and oxygen atoms in total. The van der Waals surface area contributed by atoms with E-state index in [9.17, 15) is 27.6 Å². The summed E-state index contributed by atoms with van der Waals surface area (Å²) in [5.74, 6) is -2.73. The van der Waals surface area contributed by atoms with E-state index in [1.807, 2.05) is 13.8 Å². The van der Waals surface area contributed by atoms with Crippen LogP contribution in [0.3, 0.4) is 0 Å². The lowest BCUT2D eigenvalue weighted by atomic mass is 9.86. The van der Waals surface area contributed by atoms with Gasteiger partial charge in [-0.05, 0) is 42.4 Å². The number of nitrogens with one attached hydrogen (secondary N) is 3. The van der Waals surface area contributed by atoms with E-state index in [0.29, 0.717) is 13.0 Å². The summed E-state index contributed by atoms with van der Waals surface area (Å²) in [5, 5.41) is 5.25. The summed E-state index contributed by atoms with van der Waals surface area (Å²) in [7, 11) is -1.21. The second-order valence-electron chi connectivity index (χ2n) is 12.2. The highest BCUT2D eigenvalue weighted by atomic mass is 32.2. The van der Waals surface area contributed by atoms with Crippen molar-refractivity contribution in [3.05, 3.63) is 24.8 Å². The normalized spacial score (nSPS) is 23.7. The molecule has 220 valence electrons. The standard InChI is InChI=1S/C27H45N5O6S/c1-10-12-14-18(21(33)24(35)28-15-13-11-2)29-23(34)20-19-17(27(19,6)7)16-32(20)25(36)22(26(3,4)5)30-39(37,38)31(8)9/h10-11,13,17-20,22,30H,1,12,14-16H2,2-9H3,(H,28,35)(H,29,34)/b13-11+/t17-,18?,19-,20-,22+/m0/s1. The molecule has 39 heavy (non-hydrogen) atoms. The fraction of sp³-hybridized carbons (Fsp3) is 0.704. The van der Waals surface area contributed by atoms with E-state index in [4.69, 9.17) is 0 Å². The van der Waals surface area contributed by atoms with Crippen LogP contribution in [0.4, 0.5) is 0 Å². The monoisotopic (exact) mass is 567 g/mol. The van der Waals surface area contributed by atoms with Gasteiger partial charge >= 0.3 is 0 Å². The molecule has 0 radical (unpaired) electrons. The zero-order valence-electron chi connectivity index (χ0n) is 24.4. The maximum absolute atomic E-state index is 13.9. The number of Topliss-reactive ketones (excluding diaryl/α,β-unsaturated/α-hetero) is 1. The molecule has 1 aliphatic heterocycles. The van der Waals surface area contributed by atoms with E-state index in [2.05, 4.69) is 21.9 Å². The first-order valence-corrected chi connectivity index (χ1v) is 14.7. The van der Waals surface area contributed by atoms with Crippen LogP contribution in [0.25, 0.3) is 0 Å². The van der Waals surface area contributed by atoms with Crippen molar-refractivity contribution in [3.63, 3.8) is 0 Å². The van der Waals surface area contributed by atoms with Crippen molar-refractivity contribution in [1.29, 1.82) is 0 Å². The van der Waals surface area contributed by atoms with Crippen LogP contribution in [-0.2, 0) is 29.4 Å². The van der Waals surface area contributed by atoms with Gasteiger partial charge < -0.3 is 15.5 Å². The molecule has 2 aliphatic rings. The number of carbonyl (C=O) groups is 4. The zero-order chi connectivity index (χ0) is 29.9. The topological polar surface area (TPSA) is 145 Å². The van der Waals surface area contributed by atoms with Crippen molar-refractivity contribution in [2.75, 3.05) is 27.2 Å². The Balaban J connectivity index is 2.35. The van der Waals surface area contributed by atoms with E-state index in [0.717, 1.165) is 4.31 Å². The lowest BCUT2D eigenvalue weighted by Crippen LogP contribution is -2.61. The number of likely N-dealkylation sites (tertiary alicyclic amines) is 1. The summed E-state index contributed by atoms with van der Waals surface area (Å²) >= 11 is 0. The van der Waals surface area contributed by atoms with Crippen LogP contribution >= 0.6 is 0 Å². The van der Waals surface area contributed by atoms with Gasteiger partial charge in [-0.1, -0.05) is 52.8 Å². The Bertz CT molecular complexity index is 1110. The number of carbonyl (C=O) groups excluding carboxylic acids is 4. The molecule has 1 heterocycles. The highest BCUT2D eigenvalue weighted by Gasteiger charge is 2.70. The SMILES string of the molecule is C=CCCC(NC(=O)[C@@H]1[C@@H]2[C@H](CN1C(=O)[C@@H](NS(=O)(=O)N(C)C)C(C)(C)C)C2(C)C)C(=O)C(=O)NC/C=C/C. The maximum Gasteiger partial charge on any atom is 0.289 e. The van der Waals surface area contributed by atoms with Crippen molar-refractivity contribution in [2.24, 2.45) is 22.7 Å². The van der Waals surface area contributed by atoms with Gasteiger partial charge in [0.1, 0.15) is 12.1 Å². The number of rotatable bonds is 13. The van der Waals surface area contributed by atoms with Crippen molar-refractivity contribution in [3.8, 4) is 0 Å². The third-order valence-electron chi connectivity index (χ3n) is 7.75. The first kappa shape index (κ1) is 32.6.